The monoisotopic (exact) mass is 318 g/mol. The molecule has 2 aliphatic rings. The average molecular weight is 318 g/mol. The Labute approximate surface area is 138 Å². The molecule has 3 rings (SSSR count). The normalized spacial score (nSPS) is 25.9. The number of hydrogen-bond acceptors (Lipinski definition) is 4. The predicted octanol–water partition coefficient (Wildman–Crippen LogP) is 3.97. The van der Waals surface area contributed by atoms with Crippen LogP contribution >= 0.6 is 0 Å². The second-order valence-electron chi connectivity index (χ2n) is 7.57. The van der Waals surface area contributed by atoms with Gasteiger partial charge in [-0.05, 0) is 51.3 Å². The van der Waals surface area contributed by atoms with Crippen molar-refractivity contribution in [1.29, 1.82) is 0 Å². The van der Waals surface area contributed by atoms with Gasteiger partial charge >= 0.3 is 5.97 Å². The van der Waals surface area contributed by atoms with E-state index in [2.05, 4.69) is 0 Å². The summed E-state index contributed by atoms with van der Waals surface area (Å²) in [5.74, 6) is 0.503. The van der Waals surface area contributed by atoms with Gasteiger partial charge in [0.25, 0.3) is 0 Å². The summed E-state index contributed by atoms with van der Waals surface area (Å²) in [6.45, 7) is 5.67. The van der Waals surface area contributed by atoms with Crippen LogP contribution in [-0.2, 0) is 19.9 Å². The van der Waals surface area contributed by atoms with Crippen molar-refractivity contribution < 1.29 is 19.0 Å². The Balaban J connectivity index is 1.96. The first-order valence-corrected chi connectivity index (χ1v) is 8.41. The van der Waals surface area contributed by atoms with Crippen LogP contribution in [0.4, 0.5) is 0 Å². The zero-order valence-corrected chi connectivity index (χ0v) is 14.5. The van der Waals surface area contributed by atoms with Gasteiger partial charge in [-0.1, -0.05) is 31.4 Å². The first-order valence-electron chi connectivity index (χ1n) is 8.41. The molecule has 1 aromatic carbocycles. The fraction of sp³-hybridized carbons (Fsp3) is 0.632. The van der Waals surface area contributed by atoms with Crippen LogP contribution in [0.25, 0.3) is 0 Å². The Morgan fingerprint density at radius 1 is 1.09 bits per heavy atom. The number of rotatable bonds is 3. The lowest BCUT2D eigenvalue weighted by atomic mass is 9.76. The summed E-state index contributed by atoms with van der Waals surface area (Å²) in [7, 11) is 1.63. The van der Waals surface area contributed by atoms with E-state index < -0.39 is 11.2 Å². The third kappa shape index (κ3) is 2.74. The highest BCUT2D eigenvalue weighted by Gasteiger charge is 2.76. The fourth-order valence-corrected chi connectivity index (χ4v) is 3.69. The van der Waals surface area contributed by atoms with Crippen LogP contribution in [0.15, 0.2) is 24.3 Å². The number of benzene rings is 1. The predicted molar refractivity (Wildman–Crippen MR) is 87.4 cm³/mol. The molecule has 126 valence electrons. The fourth-order valence-electron chi connectivity index (χ4n) is 3.69. The molecular formula is C19H26O4. The minimum Gasteiger partial charge on any atom is -0.497 e. The maximum Gasteiger partial charge on any atom is 0.346 e. The molecule has 23 heavy (non-hydrogen) atoms. The van der Waals surface area contributed by atoms with Gasteiger partial charge in [0.15, 0.2) is 0 Å². The summed E-state index contributed by atoms with van der Waals surface area (Å²) in [6, 6.07) is 7.59. The largest absolute Gasteiger partial charge is 0.497 e. The van der Waals surface area contributed by atoms with Gasteiger partial charge in [0.05, 0.1) is 7.11 Å². The van der Waals surface area contributed by atoms with E-state index >= 15 is 0 Å². The molecule has 1 unspecified atom stereocenters. The summed E-state index contributed by atoms with van der Waals surface area (Å²) >= 11 is 0. The van der Waals surface area contributed by atoms with E-state index in [-0.39, 0.29) is 11.6 Å². The lowest BCUT2D eigenvalue weighted by Gasteiger charge is -2.26. The van der Waals surface area contributed by atoms with E-state index in [0.29, 0.717) is 0 Å². The number of hydrogen-bond donors (Lipinski definition) is 0. The molecule has 0 aromatic heterocycles. The summed E-state index contributed by atoms with van der Waals surface area (Å²) < 4.78 is 17.1. The Hall–Kier alpha value is -1.55. The van der Waals surface area contributed by atoms with Crippen molar-refractivity contribution in [2.24, 2.45) is 0 Å². The van der Waals surface area contributed by atoms with E-state index in [1.54, 1.807) is 7.11 Å². The molecular weight excluding hydrogens is 292 g/mol. The zero-order chi connectivity index (χ0) is 16.7. The quantitative estimate of drug-likeness (QED) is 0.625. The molecule has 1 atom stereocenters. The Bertz CT molecular complexity index is 578. The van der Waals surface area contributed by atoms with Gasteiger partial charge in [-0.2, -0.15) is 0 Å². The lowest BCUT2D eigenvalue weighted by molar-refractivity contribution is -0.162. The summed E-state index contributed by atoms with van der Waals surface area (Å²) in [6.07, 6.45) is 5.23. The first-order chi connectivity index (χ1) is 10.8. The van der Waals surface area contributed by atoms with Crippen molar-refractivity contribution >= 4 is 5.97 Å². The van der Waals surface area contributed by atoms with Crippen LogP contribution in [0, 0.1) is 0 Å². The second-order valence-corrected chi connectivity index (χ2v) is 7.57. The van der Waals surface area contributed by atoms with E-state index in [4.69, 9.17) is 14.2 Å². The van der Waals surface area contributed by atoms with Crippen LogP contribution in [0.5, 0.6) is 5.75 Å². The van der Waals surface area contributed by atoms with Gasteiger partial charge in [-0.3, -0.25) is 0 Å². The SMILES string of the molecule is COc1ccc(C2(C(=O)OC(C)(C)C)OC23CCCCC3)cc1. The standard InChI is InChI=1S/C19H26O4/c1-17(2,3)22-16(20)19(14-8-10-15(21-4)11-9-14)18(23-19)12-6-5-7-13-18/h8-11H,5-7,12-13H2,1-4H3. The van der Waals surface area contributed by atoms with Gasteiger partial charge in [-0.15, -0.1) is 0 Å². The van der Waals surface area contributed by atoms with Crippen LogP contribution in [0.3, 0.4) is 0 Å². The molecule has 0 bridgehead atoms. The van der Waals surface area contributed by atoms with Crippen molar-refractivity contribution in [3.8, 4) is 5.75 Å². The number of carbonyl (C=O) groups excluding carboxylic acids is 1. The highest BCUT2D eigenvalue weighted by Crippen LogP contribution is 2.63. The van der Waals surface area contributed by atoms with Gasteiger partial charge < -0.3 is 14.2 Å². The molecule has 1 saturated carbocycles. The van der Waals surface area contributed by atoms with Gasteiger partial charge in [0.1, 0.15) is 17.0 Å². The number of epoxide rings is 1. The van der Waals surface area contributed by atoms with Crippen molar-refractivity contribution in [3.63, 3.8) is 0 Å². The van der Waals surface area contributed by atoms with E-state index in [9.17, 15) is 4.79 Å². The molecule has 0 amide bonds. The molecule has 4 heteroatoms. The molecule has 1 spiro atoms. The van der Waals surface area contributed by atoms with E-state index in [1.165, 1.54) is 6.42 Å². The zero-order valence-electron chi connectivity index (χ0n) is 14.5. The Morgan fingerprint density at radius 2 is 1.70 bits per heavy atom. The van der Waals surface area contributed by atoms with Gasteiger partial charge in [0.2, 0.25) is 5.60 Å². The summed E-state index contributed by atoms with van der Waals surface area (Å²) in [4.78, 5) is 13.0. The van der Waals surface area contributed by atoms with Crippen molar-refractivity contribution in [3.05, 3.63) is 29.8 Å². The third-order valence-electron chi connectivity index (χ3n) is 4.79. The molecule has 2 fully saturated rings. The topological polar surface area (TPSA) is 48.1 Å². The van der Waals surface area contributed by atoms with E-state index in [1.807, 2.05) is 45.0 Å². The first kappa shape index (κ1) is 16.3. The number of carbonyl (C=O) groups is 1. The highest BCUT2D eigenvalue weighted by molar-refractivity contribution is 5.87. The Kier molecular flexibility index (Phi) is 3.91. The molecule has 0 radical (unpaired) electrons. The average Bonchev–Trinajstić information content (AvgIpc) is 3.15. The van der Waals surface area contributed by atoms with E-state index in [0.717, 1.165) is 37.0 Å². The molecule has 1 aliphatic carbocycles. The van der Waals surface area contributed by atoms with Crippen LogP contribution in [-0.4, -0.2) is 24.3 Å². The Morgan fingerprint density at radius 3 is 2.22 bits per heavy atom. The highest BCUT2D eigenvalue weighted by atomic mass is 16.7. The minimum absolute atomic E-state index is 0.267. The second kappa shape index (κ2) is 5.52. The van der Waals surface area contributed by atoms with Crippen molar-refractivity contribution in [2.75, 3.05) is 7.11 Å². The van der Waals surface area contributed by atoms with Gasteiger partial charge in [0, 0.05) is 0 Å². The van der Waals surface area contributed by atoms with Crippen molar-refractivity contribution in [1.82, 2.24) is 0 Å². The third-order valence-corrected chi connectivity index (χ3v) is 4.79. The maximum absolute atomic E-state index is 13.0. The minimum atomic E-state index is -0.951. The molecule has 1 heterocycles. The summed E-state index contributed by atoms with van der Waals surface area (Å²) in [5, 5.41) is 0. The molecule has 1 aliphatic heterocycles. The molecule has 1 saturated heterocycles. The number of methoxy groups -OCH3 is 1. The lowest BCUT2D eigenvalue weighted by Crippen LogP contribution is -2.38. The van der Waals surface area contributed by atoms with Crippen LogP contribution < -0.4 is 4.74 Å². The van der Waals surface area contributed by atoms with Crippen LogP contribution in [0.2, 0.25) is 0 Å². The molecule has 0 N–H and O–H groups in total. The molecule has 4 nitrogen and oxygen atoms in total. The number of ether oxygens (including phenoxy) is 3. The van der Waals surface area contributed by atoms with Crippen molar-refractivity contribution in [2.45, 2.75) is 69.7 Å². The molecule has 1 aromatic rings. The summed E-state index contributed by atoms with van der Waals surface area (Å²) in [5.41, 5.74) is -0.998. The smallest absolute Gasteiger partial charge is 0.346 e. The van der Waals surface area contributed by atoms with Crippen LogP contribution in [0.1, 0.15) is 58.4 Å². The maximum atomic E-state index is 13.0. The number of esters is 1. The van der Waals surface area contributed by atoms with Gasteiger partial charge in [-0.25, -0.2) is 4.79 Å².